The number of esters is 1. The molecule has 0 aromatic carbocycles. The minimum Gasteiger partial charge on any atom is -0.479 e. The summed E-state index contributed by atoms with van der Waals surface area (Å²) in [6, 6.07) is 0. The molecule has 0 bridgehead atoms. The minimum atomic E-state index is -1.11. The Morgan fingerprint density at radius 2 is 1.34 bits per heavy atom. The second kappa shape index (κ2) is 21.4. The van der Waals surface area contributed by atoms with E-state index in [0.29, 0.717) is 12.8 Å². The van der Waals surface area contributed by atoms with E-state index in [9.17, 15) is 9.59 Å². The molecule has 1 atom stereocenters. The Morgan fingerprint density at radius 3 is 1.90 bits per heavy atom. The molecule has 0 spiro atoms. The van der Waals surface area contributed by atoms with Gasteiger partial charge in [-0.15, -0.1) is 0 Å². The van der Waals surface area contributed by atoms with Crippen molar-refractivity contribution in [2.45, 2.75) is 122 Å². The summed E-state index contributed by atoms with van der Waals surface area (Å²) >= 11 is 0. The summed E-state index contributed by atoms with van der Waals surface area (Å²) in [4.78, 5) is 22.9. The number of rotatable bonds is 21. The number of hydrogen-bond acceptors (Lipinski definition) is 4. The molecule has 170 valence electrons. The van der Waals surface area contributed by atoms with Crippen molar-refractivity contribution in [2.75, 3.05) is 6.61 Å². The van der Waals surface area contributed by atoms with Gasteiger partial charge in [0, 0.05) is 13.0 Å². The molecule has 5 nitrogen and oxygen atoms in total. The van der Waals surface area contributed by atoms with Gasteiger partial charge in [0.15, 0.2) is 6.10 Å². The van der Waals surface area contributed by atoms with E-state index in [4.69, 9.17) is 14.9 Å². The van der Waals surface area contributed by atoms with Crippen LogP contribution in [0, 0.1) is 0 Å². The highest BCUT2D eigenvalue weighted by atomic mass is 16.6. The Bertz CT molecular complexity index is 419. The molecule has 1 unspecified atom stereocenters. The SMILES string of the molecule is CCCCCCCC/C=C\CCCCCCCC(=O)OC(CCCCO)C(=O)O. The second-order valence-electron chi connectivity index (χ2n) is 7.87. The third kappa shape index (κ3) is 19.7. The predicted molar refractivity (Wildman–Crippen MR) is 118 cm³/mol. The van der Waals surface area contributed by atoms with Gasteiger partial charge in [-0.05, 0) is 51.4 Å². The van der Waals surface area contributed by atoms with Crippen LogP contribution in [0.25, 0.3) is 0 Å². The van der Waals surface area contributed by atoms with Crippen molar-refractivity contribution in [2.24, 2.45) is 0 Å². The Labute approximate surface area is 177 Å². The van der Waals surface area contributed by atoms with E-state index in [1.807, 2.05) is 0 Å². The average molecular weight is 413 g/mol. The van der Waals surface area contributed by atoms with Crippen LogP contribution in [-0.2, 0) is 14.3 Å². The number of aliphatic hydroxyl groups is 1. The number of aliphatic hydroxyl groups excluding tert-OH is 1. The number of ether oxygens (including phenoxy) is 1. The molecule has 0 saturated carbocycles. The Balaban J connectivity index is 3.51. The fourth-order valence-electron chi connectivity index (χ4n) is 3.23. The summed E-state index contributed by atoms with van der Waals surface area (Å²) in [6.07, 6.45) is 20.7. The molecule has 0 heterocycles. The molecular weight excluding hydrogens is 368 g/mol. The molecule has 0 fully saturated rings. The molecular formula is C24H44O5. The smallest absolute Gasteiger partial charge is 0.345 e. The van der Waals surface area contributed by atoms with E-state index in [-0.39, 0.29) is 19.4 Å². The summed E-state index contributed by atoms with van der Waals surface area (Å²) in [5, 5.41) is 17.8. The Hall–Kier alpha value is -1.36. The van der Waals surface area contributed by atoms with E-state index >= 15 is 0 Å². The highest BCUT2D eigenvalue weighted by Gasteiger charge is 2.21. The monoisotopic (exact) mass is 412 g/mol. The van der Waals surface area contributed by atoms with Gasteiger partial charge >= 0.3 is 11.9 Å². The molecule has 0 saturated heterocycles. The van der Waals surface area contributed by atoms with Crippen molar-refractivity contribution < 1.29 is 24.5 Å². The number of hydrogen-bond donors (Lipinski definition) is 2. The molecule has 0 radical (unpaired) electrons. The van der Waals surface area contributed by atoms with E-state index in [1.54, 1.807) is 0 Å². The zero-order valence-electron chi connectivity index (χ0n) is 18.6. The summed E-state index contributed by atoms with van der Waals surface area (Å²) in [6.45, 7) is 2.27. The summed E-state index contributed by atoms with van der Waals surface area (Å²) in [7, 11) is 0. The van der Waals surface area contributed by atoms with E-state index < -0.39 is 18.0 Å². The van der Waals surface area contributed by atoms with Gasteiger partial charge in [-0.1, -0.05) is 70.4 Å². The lowest BCUT2D eigenvalue weighted by atomic mass is 10.1. The first-order valence-corrected chi connectivity index (χ1v) is 11.8. The first kappa shape index (κ1) is 27.6. The molecule has 0 aromatic heterocycles. The first-order chi connectivity index (χ1) is 14.1. The fourth-order valence-corrected chi connectivity index (χ4v) is 3.23. The largest absolute Gasteiger partial charge is 0.479 e. The van der Waals surface area contributed by atoms with E-state index in [2.05, 4.69) is 19.1 Å². The lowest BCUT2D eigenvalue weighted by Gasteiger charge is -2.13. The van der Waals surface area contributed by atoms with Crippen molar-refractivity contribution in [1.29, 1.82) is 0 Å². The van der Waals surface area contributed by atoms with Crippen LogP contribution in [0.1, 0.15) is 116 Å². The number of carboxylic acid groups (broad SMARTS) is 1. The van der Waals surface area contributed by atoms with Gasteiger partial charge in [0.25, 0.3) is 0 Å². The molecule has 0 aromatic rings. The standard InChI is InChI=1S/C24H44O5/c1-2-3-4-5-6-7-8-9-10-11-12-13-14-15-16-20-23(26)29-22(24(27)28)19-17-18-21-25/h9-10,22,25H,2-8,11-21H2,1H3,(H,27,28)/b10-9-. The van der Waals surface area contributed by atoms with Gasteiger partial charge in [-0.25, -0.2) is 4.79 Å². The number of carbonyl (C=O) groups is 2. The zero-order chi connectivity index (χ0) is 21.6. The highest BCUT2D eigenvalue weighted by molar-refractivity contribution is 5.77. The van der Waals surface area contributed by atoms with E-state index in [0.717, 1.165) is 32.1 Å². The highest BCUT2D eigenvalue weighted by Crippen LogP contribution is 2.12. The second-order valence-corrected chi connectivity index (χ2v) is 7.87. The van der Waals surface area contributed by atoms with Crippen LogP contribution in [-0.4, -0.2) is 34.9 Å². The van der Waals surface area contributed by atoms with E-state index in [1.165, 1.54) is 51.4 Å². The van der Waals surface area contributed by atoms with Gasteiger partial charge < -0.3 is 14.9 Å². The van der Waals surface area contributed by atoms with Gasteiger partial charge in [-0.3, -0.25) is 4.79 Å². The lowest BCUT2D eigenvalue weighted by molar-refractivity contribution is -0.164. The number of unbranched alkanes of at least 4 members (excludes halogenated alkanes) is 12. The van der Waals surface area contributed by atoms with Crippen LogP contribution < -0.4 is 0 Å². The van der Waals surface area contributed by atoms with Gasteiger partial charge in [0.2, 0.25) is 0 Å². The maximum Gasteiger partial charge on any atom is 0.345 e. The molecule has 0 aliphatic carbocycles. The van der Waals surface area contributed by atoms with Crippen LogP contribution in [0.2, 0.25) is 0 Å². The molecule has 5 heteroatoms. The number of allylic oxidation sites excluding steroid dienone is 2. The van der Waals surface area contributed by atoms with Crippen LogP contribution >= 0.6 is 0 Å². The Kier molecular flexibility index (Phi) is 20.3. The topological polar surface area (TPSA) is 83.8 Å². The molecule has 2 N–H and O–H groups in total. The van der Waals surface area contributed by atoms with Crippen molar-refractivity contribution in [3.63, 3.8) is 0 Å². The lowest BCUT2D eigenvalue weighted by Crippen LogP contribution is -2.27. The zero-order valence-corrected chi connectivity index (χ0v) is 18.6. The normalized spacial score (nSPS) is 12.3. The van der Waals surface area contributed by atoms with Crippen LogP contribution in [0.15, 0.2) is 12.2 Å². The molecule has 0 amide bonds. The van der Waals surface area contributed by atoms with Crippen molar-refractivity contribution >= 4 is 11.9 Å². The fraction of sp³-hybridized carbons (Fsp3) is 0.833. The maximum absolute atomic E-state index is 11.8. The molecule has 0 aliphatic heterocycles. The summed E-state index contributed by atoms with van der Waals surface area (Å²) < 4.78 is 5.05. The van der Waals surface area contributed by atoms with Gasteiger partial charge in [0.1, 0.15) is 0 Å². The molecule has 29 heavy (non-hydrogen) atoms. The number of carboxylic acids is 1. The predicted octanol–water partition coefficient (Wildman–Crippen LogP) is 6.18. The first-order valence-electron chi connectivity index (χ1n) is 11.8. The molecule has 0 rings (SSSR count). The third-order valence-electron chi connectivity index (χ3n) is 5.07. The van der Waals surface area contributed by atoms with Crippen LogP contribution in [0.4, 0.5) is 0 Å². The Morgan fingerprint density at radius 1 is 0.793 bits per heavy atom. The van der Waals surface area contributed by atoms with Gasteiger partial charge in [0.05, 0.1) is 0 Å². The number of carbonyl (C=O) groups excluding carboxylic acids is 1. The van der Waals surface area contributed by atoms with Crippen molar-refractivity contribution in [1.82, 2.24) is 0 Å². The molecule has 0 aliphatic rings. The average Bonchev–Trinajstić information content (AvgIpc) is 2.70. The van der Waals surface area contributed by atoms with Crippen molar-refractivity contribution in [3.8, 4) is 0 Å². The third-order valence-corrected chi connectivity index (χ3v) is 5.07. The summed E-state index contributed by atoms with van der Waals surface area (Å²) in [5.41, 5.74) is 0. The quantitative estimate of drug-likeness (QED) is 0.133. The van der Waals surface area contributed by atoms with Crippen molar-refractivity contribution in [3.05, 3.63) is 12.2 Å². The van der Waals surface area contributed by atoms with Gasteiger partial charge in [-0.2, -0.15) is 0 Å². The summed E-state index contributed by atoms with van der Waals surface area (Å²) in [5.74, 6) is -1.54. The van der Waals surface area contributed by atoms with Crippen LogP contribution in [0.3, 0.4) is 0 Å². The number of aliphatic carboxylic acids is 1. The maximum atomic E-state index is 11.8. The minimum absolute atomic E-state index is 0.0230. The van der Waals surface area contributed by atoms with Crippen LogP contribution in [0.5, 0.6) is 0 Å².